The molecule has 0 bridgehead atoms. The summed E-state index contributed by atoms with van der Waals surface area (Å²) in [7, 11) is 0. The standard InChI is InChI=1S/C17H28N2O/c1-4-10-18-14(3)16-9-6-11-19-17(16)20-15-8-5-7-13(2)12-15/h6,9,11,13-15,18H,4-5,7-8,10,12H2,1-3H3. The lowest BCUT2D eigenvalue weighted by Gasteiger charge is -2.28. The topological polar surface area (TPSA) is 34.2 Å². The maximum Gasteiger partial charge on any atom is 0.218 e. The maximum absolute atomic E-state index is 6.21. The number of hydrogen-bond donors (Lipinski definition) is 1. The van der Waals surface area contributed by atoms with E-state index < -0.39 is 0 Å². The van der Waals surface area contributed by atoms with E-state index in [2.05, 4.69) is 37.1 Å². The van der Waals surface area contributed by atoms with Crippen molar-refractivity contribution < 1.29 is 4.74 Å². The molecule has 1 N–H and O–H groups in total. The third-order valence-electron chi connectivity index (χ3n) is 4.13. The molecule has 1 aromatic rings. The van der Waals surface area contributed by atoms with Crippen molar-refractivity contribution in [3.8, 4) is 5.88 Å². The van der Waals surface area contributed by atoms with Crippen molar-refractivity contribution in [2.24, 2.45) is 5.92 Å². The van der Waals surface area contributed by atoms with Crippen LogP contribution in [0.25, 0.3) is 0 Å². The van der Waals surface area contributed by atoms with Gasteiger partial charge in [0.05, 0.1) is 0 Å². The minimum atomic E-state index is 0.291. The van der Waals surface area contributed by atoms with Gasteiger partial charge in [-0.05, 0) is 51.1 Å². The third kappa shape index (κ3) is 4.20. The van der Waals surface area contributed by atoms with E-state index in [1.807, 2.05) is 12.3 Å². The SMILES string of the molecule is CCCNC(C)c1cccnc1OC1CCCC(C)C1. The van der Waals surface area contributed by atoms with Crippen molar-refractivity contribution >= 4 is 0 Å². The Labute approximate surface area is 123 Å². The zero-order chi connectivity index (χ0) is 14.4. The Bertz CT molecular complexity index is 408. The van der Waals surface area contributed by atoms with Crippen molar-refractivity contribution in [3.05, 3.63) is 23.9 Å². The molecule has 1 fully saturated rings. The largest absolute Gasteiger partial charge is 0.474 e. The molecule has 2 rings (SSSR count). The van der Waals surface area contributed by atoms with Crippen molar-refractivity contribution in [2.75, 3.05) is 6.54 Å². The first kappa shape index (κ1) is 15.3. The molecule has 0 radical (unpaired) electrons. The second-order valence-corrected chi connectivity index (χ2v) is 6.09. The van der Waals surface area contributed by atoms with Crippen LogP contribution in [0.15, 0.2) is 18.3 Å². The van der Waals surface area contributed by atoms with E-state index in [4.69, 9.17) is 4.74 Å². The zero-order valence-electron chi connectivity index (χ0n) is 13.1. The van der Waals surface area contributed by atoms with Gasteiger partial charge in [-0.3, -0.25) is 0 Å². The Morgan fingerprint density at radius 1 is 1.45 bits per heavy atom. The van der Waals surface area contributed by atoms with Gasteiger partial charge >= 0.3 is 0 Å². The molecule has 112 valence electrons. The molecule has 1 heterocycles. The van der Waals surface area contributed by atoms with E-state index in [1.54, 1.807) is 0 Å². The molecule has 1 aliphatic carbocycles. The van der Waals surface area contributed by atoms with Crippen molar-refractivity contribution in [1.29, 1.82) is 0 Å². The quantitative estimate of drug-likeness (QED) is 0.849. The molecule has 3 unspecified atom stereocenters. The maximum atomic E-state index is 6.21. The van der Waals surface area contributed by atoms with Crippen molar-refractivity contribution in [2.45, 2.75) is 65.0 Å². The first-order chi connectivity index (χ1) is 9.70. The van der Waals surface area contributed by atoms with Gasteiger partial charge in [0.2, 0.25) is 5.88 Å². The summed E-state index contributed by atoms with van der Waals surface area (Å²) in [6, 6.07) is 4.41. The lowest BCUT2D eigenvalue weighted by molar-refractivity contribution is 0.122. The summed E-state index contributed by atoms with van der Waals surface area (Å²) in [6.45, 7) is 7.71. The summed E-state index contributed by atoms with van der Waals surface area (Å²) in [5.41, 5.74) is 1.18. The summed E-state index contributed by atoms with van der Waals surface area (Å²) in [6.07, 6.45) is 8.24. The Balaban J connectivity index is 2.03. The first-order valence-electron chi connectivity index (χ1n) is 8.05. The van der Waals surface area contributed by atoms with Crippen LogP contribution in [0.3, 0.4) is 0 Å². The molecule has 1 aliphatic rings. The van der Waals surface area contributed by atoms with Gasteiger partial charge in [0.1, 0.15) is 6.10 Å². The Kier molecular flexibility index (Phi) is 5.84. The Hall–Kier alpha value is -1.09. The molecule has 3 heteroatoms. The summed E-state index contributed by atoms with van der Waals surface area (Å²) in [5, 5.41) is 3.51. The minimum absolute atomic E-state index is 0.291. The molecule has 0 spiro atoms. The second-order valence-electron chi connectivity index (χ2n) is 6.09. The van der Waals surface area contributed by atoms with Gasteiger partial charge < -0.3 is 10.1 Å². The highest BCUT2D eigenvalue weighted by Crippen LogP contribution is 2.29. The second kappa shape index (κ2) is 7.63. The summed E-state index contributed by atoms with van der Waals surface area (Å²) < 4.78 is 6.21. The van der Waals surface area contributed by atoms with Crippen LogP contribution in [0.1, 0.15) is 64.5 Å². The average molecular weight is 276 g/mol. The Morgan fingerprint density at radius 2 is 2.30 bits per heavy atom. The van der Waals surface area contributed by atoms with Crippen LogP contribution in [0, 0.1) is 5.92 Å². The molecule has 0 saturated heterocycles. The number of rotatable bonds is 6. The number of nitrogens with one attached hydrogen (secondary N) is 1. The molecule has 0 amide bonds. The van der Waals surface area contributed by atoms with E-state index >= 15 is 0 Å². The number of pyridine rings is 1. The predicted molar refractivity (Wildman–Crippen MR) is 83.0 cm³/mol. The number of hydrogen-bond acceptors (Lipinski definition) is 3. The van der Waals surface area contributed by atoms with Crippen LogP contribution in [0.4, 0.5) is 0 Å². The molecule has 1 aromatic heterocycles. The fraction of sp³-hybridized carbons (Fsp3) is 0.706. The molecule has 1 saturated carbocycles. The highest BCUT2D eigenvalue weighted by Gasteiger charge is 2.22. The van der Waals surface area contributed by atoms with Gasteiger partial charge in [0.25, 0.3) is 0 Å². The van der Waals surface area contributed by atoms with Crippen LogP contribution in [0.2, 0.25) is 0 Å². The fourth-order valence-corrected chi connectivity index (χ4v) is 2.95. The van der Waals surface area contributed by atoms with Crippen LogP contribution in [0.5, 0.6) is 5.88 Å². The molecular weight excluding hydrogens is 248 g/mol. The van der Waals surface area contributed by atoms with Crippen molar-refractivity contribution in [3.63, 3.8) is 0 Å². The van der Waals surface area contributed by atoms with Crippen LogP contribution in [-0.2, 0) is 0 Å². The van der Waals surface area contributed by atoms with Gasteiger partial charge in [-0.15, -0.1) is 0 Å². The van der Waals surface area contributed by atoms with Crippen LogP contribution in [-0.4, -0.2) is 17.6 Å². The zero-order valence-corrected chi connectivity index (χ0v) is 13.1. The van der Waals surface area contributed by atoms with E-state index in [-0.39, 0.29) is 0 Å². The summed E-state index contributed by atoms with van der Waals surface area (Å²) >= 11 is 0. The van der Waals surface area contributed by atoms with Gasteiger partial charge in [-0.25, -0.2) is 4.98 Å². The molecule has 0 aromatic carbocycles. The fourth-order valence-electron chi connectivity index (χ4n) is 2.95. The van der Waals surface area contributed by atoms with Gasteiger partial charge in [-0.2, -0.15) is 0 Å². The van der Waals surface area contributed by atoms with Crippen LogP contribution < -0.4 is 10.1 Å². The third-order valence-corrected chi connectivity index (χ3v) is 4.13. The average Bonchev–Trinajstić information content (AvgIpc) is 2.45. The van der Waals surface area contributed by atoms with Gasteiger partial charge in [0.15, 0.2) is 0 Å². The predicted octanol–water partition coefficient (Wildman–Crippen LogP) is 4.10. The van der Waals surface area contributed by atoms with E-state index in [0.29, 0.717) is 12.1 Å². The molecular formula is C17H28N2O. The lowest BCUT2D eigenvalue weighted by atomic mass is 9.89. The van der Waals surface area contributed by atoms with Crippen LogP contribution >= 0.6 is 0 Å². The monoisotopic (exact) mass is 276 g/mol. The summed E-state index contributed by atoms with van der Waals surface area (Å²) in [5.74, 6) is 1.60. The number of aromatic nitrogens is 1. The number of ether oxygens (including phenoxy) is 1. The highest BCUT2D eigenvalue weighted by molar-refractivity contribution is 5.28. The molecule has 20 heavy (non-hydrogen) atoms. The van der Waals surface area contributed by atoms with Crippen molar-refractivity contribution in [1.82, 2.24) is 10.3 Å². The minimum Gasteiger partial charge on any atom is -0.474 e. The van der Waals surface area contributed by atoms with E-state index in [9.17, 15) is 0 Å². The Morgan fingerprint density at radius 3 is 3.05 bits per heavy atom. The molecule has 0 aliphatic heterocycles. The number of nitrogens with zero attached hydrogens (tertiary/aromatic N) is 1. The molecule has 3 atom stereocenters. The first-order valence-corrected chi connectivity index (χ1v) is 8.05. The lowest BCUT2D eigenvalue weighted by Crippen LogP contribution is -2.26. The van der Waals surface area contributed by atoms with E-state index in [1.165, 1.54) is 18.4 Å². The smallest absolute Gasteiger partial charge is 0.218 e. The normalized spacial score (nSPS) is 24.4. The summed E-state index contributed by atoms with van der Waals surface area (Å²) in [4.78, 5) is 4.46. The van der Waals surface area contributed by atoms with Gasteiger partial charge in [-0.1, -0.05) is 26.3 Å². The molecule has 3 nitrogen and oxygen atoms in total. The highest BCUT2D eigenvalue weighted by atomic mass is 16.5. The van der Waals surface area contributed by atoms with E-state index in [0.717, 1.165) is 37.6 Å². The van der Waals surface area contributed by atoms with Gasteiger partial charge in [0, 0.05) is 17.8 Å².